The molecule has 1 saturated heterocycles. The molecule has 1 aromatic carbocycles. The highest BCUT2D eigenvalue weighted by Crippen LogP contribution is 2.34. The van der Waals surface area contributed by atoms with Crippen molar-refractivity contribution in [3.05, 3.63) is 35.4 Å². The maximum atomic E-state index is 12.3. The molecule has 1 amide bonds. The number of aliphatic hydroxyl groups is 1. The molecule has 1 aliphatic heterocycles. The van der Waals surface area contributed by atoms with Crippen molar-refractivity contribution in [1.82, 2.24) is 4.90 Å². The van der Waals surface area contributed by atoms with E-state index in [1.807, 2.05) is 17.0 Å². The summed E-state index contributed by atoms with van der Waals surface area (Å²) < 4.78 is 0. The lowest BCUT2D eigenvalue weighted by Crippen LogP contribution is -2.44. The smallest absolute Gasteiger partial charge is 0.222 e. The van der Waals surface area contributed by atoms with E-state index >= 15 is 0 Å². The van der Waals surface area contributed by atoms with Crippen LogP contribution in [0.4, 0.5) is 0 Å². The van der Waals surface area contributed by atoms with E-state index in [4.69, 9.17) is 5.26 Å². The van der Waals surface area contributed by atoms with Gasteiger partial charge in [-0.2, -0.15) is 5.26 Å². The molecule has 118 valence electrons. The van der Waals surface area contributed by atoms with Crippen LogP contribution in [0.5, 0.6) is 0 Å². The average molecular weight is 300 g/mol. The standard InChI is InChI=1S/C18H24N2O2/c1-2-18(14-21)9-11-20(12-10-18)17(22)8-7-15-3-5-16(13-19)6-4-15/h3-6,21H,2,7-12,14H2,1H3. The van der Waals surface area contributed by atoms with Gasteiger partial charge in [-0.1, -0.05) is 19.1 Å². The SMILES string of the molecule is CCC1(CO)CCN(C(=O)CCc2ccc(C#N)cc2)CC1. The van der Waals surface area contributed by atoms with Gasteiger partial charge in [-0.25, -0.2) is 0 Å². The normalized spacial score (nSPS) is 17.0. The molecular weight excluding hydrogens is 276 g/mol. The van der Waals surface area contributed by atoms with Crippen LogP contribution in [0.1, 0.15) is 43.7 Å². The number of aliphatic hydroxyl groups excluding tert-OH is 1. The van der Waals surface area contributed by atoms with Gasteiger partial charge in [0.1, 0.15) is 0 Å². The van der Waals surface area contributed by atoms with Crippen molar-refractivity contribution in [3.8, 4) is 6.07 Å². The predicted octanol–water partition coefficient (Wildman–Crippen LogP) is 2.50. The first-order valence-corrected chi connectivity index (χ1v) is 8.00. The van der Waals surface area contributed by atoms with Gasteiger partial charge in [-0.3, -0.25) is 4.79 Å². The van der Waals surface area contributed by atoms with Crippen molar-refractivity contribution in [1.29, 1.82) is 5.26 Å². The molecule has 4 nitrogen and oxygen atoms in total. The Bertz CT molecular complexity index is 531. The topological polar surface area (TPSA) is 64.3 Å². The number of aryl methyl sites for hydroxylation is 1. The van der Waals surface area contributed by atoms with Crippen LogP contribution < -0.4 is 0 Å². The van der Waals surface area contributed by atoms with Crippen molar-refractivity contribution in [2.45, 2.75) is 39.0 Å². The van der Waals surface area contributed by atoms with Gasteiger partial charge in [0, 0.05) is 26.1 Å². The summed E-state index contributed by atoms with van der Waals surface area (Å²) in [6, 6.07) is 9.50. The summed E-state index contributed by atoms with van der Waals surface area (Å²) in [6.07, 6.45) is 3.96. The van der Waals surface area contributed by atoms with Gasteiger partial charge in [0.2, 0.25) is 5.91 Å². The minimum absolute atomic E-state index is 0.0178. The van der Waals surface area contributed by atoms with Gasteiger partial charge in [0.15, 0.2) is 0 Å². The Labute approximate surface area is 132 Å². The summed E-state index contributed by atoms with van der Waals surface area (Å²) in [5, 5.41) is 18.3. The van der Waals surface area contributed by atoms with Gasteiger partial charge < -0.3 is 10.0 Å². The van der Waals surface area contributed by atoms with Gasteiger partial charge in [-0.05, 0) is 48.8 Å². The third-order valence-corrected chi connectivity index (χ3v) is 4.97. The highest BCUT2D eigenvalue weighted by Gasteiger charge is 2.33. The molecule has 1 fully saturated rings. The van der Waals surface area contributed by atoms with Crippen molar-refractivity contribution in [2.24, 2.45) is 5.41 Å². The lowest BCUT2D eigenvalue weighted by molar-refractivity contribution is -0.134. The highest BCUT2D eigenvalue weighted by molar-refractivity contribution is 5.76. The summed E-state index contributed by atoms with van der Waals surface area (Å²) in [5.74, 6) is 0.187. The minimum atomic E-state index is 0.0178. The molecule has 0 unspecified atom stereocenters. The largest absolute Gasteiger partial charge is 0.396 e. The summed E-state index contributed by atoms with van der Waals surface area (Å²) in [5.41, 5.74) is 1.75. The maximum Gasteiger partial charge on any atom is 0.222 e. The molecule has 1 N–H and O–H groups in total. The quantitative estimate of drug-likeness (QED) is 0.908. The Kier molecular flexibility index (Phi) is 5.57. The van der Waals surface area contributed by atoms with Gasteiger partial charge >= 0.3 is 0 Å². The number of carbonyl (C=O) groups excluding carboxylic acids is 1. The summed E-state index contributed by atoms with van der Waals surface area (Å²) >= 11 is 0. The monoisotopic (exact) mass is 300 g/mol. The fourth-order valence-corrected chi connectivity index (χ4v) is 3.01. The number of rotatable bonds is 5. The number of hydrogen-bond acceptors (Lipinski definition) is 3. The third kappa shape index (κ3) is 3.86. The molecule has 1 aliphatic rings. The van der Waals surface area contributed by atoms with Gasteiger partial charge in [-0.15, -0.1) is 0 Å². The van der Waals surface area contributed by atoms with Crippen LogP contribution in [0, 0.1) is 16.7 Å². The van der Waals surface area contributed by atoms with Gasteiger partial charge in [0.25, 0.3) is 0 Å². The molecule has 0 saturated carbocycles. The molecule has 22 heavy (non-hydrogen) atoms. The first-order chi connectivity index (χ1) is 10.6. The van der Waals surface area contributed by atoms with Crippen LogP contribution in [-0.2, 0) is 11.2 Å². The Morgan fingerprint density at radius 2 is 1.95 bits per heavy atom. The van der Waals surface area contributed by atoms with E-state index in [-0.39, 0.29) is 17.9 Å². The average Bonchev–Trinajstić information content (AvgIpc) is 2.60. The lowest BCUT2D eigenvalue weighted by Gasteiger charge is -2.40. The molecule has 0 aliphatic carbocycles. The molecule has 1 aromatic rings. The van der Waals surface area contributed by atoms with E-state index < -0.39 is 0 Å². The first kappa shape index (κ1) is 16.5. The molecule has 0 bridgehead atoms. The van der Waals surface area contributed by atoms with Crippen LogP contribution >= 0.6 is 0 Å². The van der Waals surface area contributed by atoms with E-state index in [0.29, 0.717) is 18.4 Å². The summed E-state index contributed by atoms with van der Waals surface area (Å²) in [4.78, 5) is 14.2. The number of benzene rings is 1. The number of nitriles is 1. The Balaban J connectivity index is 1.82. The Hall–Kier alpha value is -1.86. The molecule has 4 heteroatoms. The molecule has 2 rings (SSSR count). The zero-order chi connectivity index (χ0) is 16.0. The molecule has 1 heterocycles. The van der Waals surface area contributed by atoms with E-state index in [9.17, 15) is 9.90 Å². The third-order valence-electron chi connectivity index (χ3n) is 4.97. The highest BCUT2D eigenvalue weighted by atomic mass is 16.3. The predicted molar refractivity (Wildman–Crippen MR) is 85.1 cm³/mol. The van der Waals surface area contributed by atoms with Crippen LogP contribution in [0.15, 0.2) is 24.3 Å². The first-order valence-electron chi connectivity index (χ1n) is 8.00. The minimum Gasteiger partial charge on any atom is -0.396 e. The number of likely N-dealkylation sites (tertiary alicyclic amines) is 1. The second-order valence-electron chi connectivity index (χ2n) is 6.20. The van der Waals surface area contributed by atoms with Crippen molar-refractivity contribution < 1.29 is 9.90 Å². The zero-order valence-electron chi connectivity index (χ0n) is 13.2. The van der Waals surface area contributed by atoms with E-state index in [1.54, 1.807) is 12.1 Å². The second-order valence-corrected chi connectivity index (χ2v) is 6.20. The number of amides is 1. The summed E-state index contributed by atoms with van der Waals surface area (Å²) in [7, 11) is 0. The van der Waals surface area contributed by atoms with Crippen LogP contribution in [-0.4, -0.2) is 35.6 Å². The Morgan fingerprint density at radius 1 is 1.32 bits per heavy atom. The zero-order valence-corrected chi connectivity index (χ0v) is 13.2. The molecular formula is C18H24N2O2. The number of carbonyl (C=O) groups is 1. The van der Waals surface area contributed by atoms with Crippen molar-refractivity contribution in [2.75, 3.05) is 19.7 Å². The van der Waals surface area contributed by atoms with Crippen molar-refractivity contribution in [3.63, 3.8) is 0 Å². The van der Waals surface area contributed by atoms with E-state index in [1.165, 1.54) is 0 Å². The molecule has 0 spiro atoms. The molecule has 0 aromatic heterocycles. The second kappa shape index (κ2) is 7.42. The maximum absolute atomic E-state index is 12.3. The summed E-state index contributed by atoms with van der Waals surface area (Å²) in [6.45, 7) is 3.83. The van der Waals surface area contributed by atoms with Crippen LogP contribution in [0.2, 0.25) is 0 Å². The number of nitrogens with zero attached hydrogens (tertiary/aromatic N) is 2. The van der Waals surface area contributed by atoms with Crippen LogP contribution in [0.3, 0.4) is 0 Å². The molecule has 0 atom stereocenters. The van der Waals surface area contributed by atoms with Gasteiger partial charge in [0.05, 0.1) is 11.6 Å². The Morgan fingerprint density at radius 3 is 2.45 bits per heavy atom. The molecule has 0 radical (unpaired) electrons. The van der Waals surface area contributed by atoms with Crippen LogP contribution in [0.25, 0.3) is 0 Å². The fraction of sp³-hybridized carbons (Fsp3) is 0.556. The number of hydrogen-bond donors (Lipinski definition) is 1. The fourth-order valence-electron chi connectivity index (χ4n) is 3.01. The van der Waals surface area contributed by atoms with Crippen molar-refractivity contribution >= 4 is 5.91 Å². The van der Waals surface area contributed by atoms with E-state index in [2.05, 4.69) is 13.0 Å². The van der Waals surface area contributed by atoms with E-state index in [0.717, 1.165) is 37.9 Å². The lowest BCUT2D eigenvalue weighted by atomic mass is 9.77. The number of piperidine rings is 1.